The molecule has 2 aliphatic heterocycles. The van der Waals surface area contributed by atoms with Crippen molar-refractivity contribution in [2.24, 2.45) is 0 Å². The Kier molecular flexibility index (Phi) is 6.24. The third-order valence-electron chi connectivity index (χ3n) is 6.36. The van der Waals surface area contributed by atoms with Crippen molar-refractivity contribution in [3.63, 3.8) is 0 Å². The molecular weight excluding hydrogens is 446 g/mol. The summed E-state index contributed by atoms with van der Waals surface area (Å²) < 4.78 is 5.57. The van der Waals surface area contributed by atoms with Gasteiger partial charge in [0.2, 0.25) is 5.91 Å². The SMILES string of the molecule is O=C(OCc1ccc(C#Cc2ccccc2)s1)N1CCC2(CC1)C(=O)NCN2c1ccccc1. The number of rotatable bonds is 3. The lowest BCUT2D eigenvalue weighted by atomic mass is 9.86. The Morgan fingerprint density at radius 3 is 2.41 bits per heavy atom. The van der Waals surface area contributed by atoms with Crippen LogP contribution in [0, 0.1) is 11.8 Å². The predicted octanol–water partition coefficient (Wildman–Crippen LogP) is 4.21. The van der Waals surface area contributed by atoms with Gasteiger partial charge in [-0.25, -0.2) is 4.79 Å². The topological polar surface area (TPSA) is 61.9 Å². The Morgan fingerprint density at radius 2 is 1.68 bits per heavy atom. The lowest BCUT2D eigenvalue weighted by Crippen LogP contribution is -2.57. The van der Waals surface area contributed by atoms with Crippen LogP contribution in [0.1, 0.15) is 28.2 Å². The molecule has 6 nitrogen and oxygen atoms in total. The summed E-state index contributed by atoms with van der Waals surface area (Å²) in [6.07, 6.45) is 0.798. The fraction of sp³-hybridized carbons (Fsp3) is 0.259. The molecule has 2 saturated heterocycles. The van der Waals surface area contributed by atoms with Crippen LogP contribution in [0.5, 0.6) is 0 Å². The summed E-state index contributed by atoms with van der Waals surface area (Å²) in [5, 5.41) is 2.98. The van der Waals surface area contributed by atoms with E-state index in [4.69, 9.17) is 4.74 Å². The number of carbonyl (C=O) groups is 2. The number of anilines is 1. The first-order chi connectivity index (χ1) is 16.6. The van der Waals surface area contributed by atoms with Gasteiger partial charge in [-0.1, -0.05) is 48.2 Å². The van der Waals surface area contributed by atoms with E-state index in [0.29, 0.717) is 32.6 Å². The van der Waals surface area contributed by atoms with Crippen LogP contribution in [0.2, 0.25) is 0 Å². The van der Waals surface area contributed by atoms with Crippen LogP contribution < -0.4 is 10.2 Å². The van der Waals surface area contributed by atoms with E-state index in [1.165, 1.54) is 11.3 Å². The molecule has 7 heteroatoms. The van der Waals surface area contributed by atoms with E-state index in [9.17, 15) is 9.59 Å². The second-order valence-electron chi connectivity index (χ2n) is 8.38. The van der Waals surface area contributed by atoms with Gasteiger partial charge >= 0.3 is 6.09 Å². The minimum atomic E-state index is -0.613. The van der Waals surface area contributed by atoms with Gasteiger partial charge in [-0.3, -0.25) is 4.79 Å². The van der Waals surface area contributed by atoms with Crippen LogP contribution in [0.15, 0.2) is 72.8 Å². The summed E-state index contributed by atoms with van der Waals surface area (Å²) in [6.45, 7) is 1.66. The number of ether oxygens (including phenoxy) is 1. The largest absolute Gasteiger partial charge is 0.444 e. The molecule has 5 rings (SSSR count). The Bertz CT molecular complexity index is 1220. The first-order valence-electron chi connectivity index (χ1n) is 11.3. The Labute approximate surface area is 203 Å². The second kappa shape index (κ2) is 9.62. The Morgan fingerprint density at radius 1 is 0.971 bits per heavy atom. The molecule has 2 aliphatic rings. The fourth-order valence-electron chi connectivity index (χ4n) is 4.49. The number of nitrogens with one attached hydrogen (secondary N) is 1. The van der Waals surface area contributed by atoms with Crippen LogP contribution in [0.3, 0.4) is 0 Å². The summed E-state index contributed by atoms with van der Waals surface area (Å²) in [7, 11) is 0. The van der Waals surface area contributed by atoms with Gasteiger partial charge in [0.15, 0.2) is 0 Å². The minimum absolute atomic E-state index is 0.0343. The number of para-hydroxylation sites is 1. The van der Waals surface area contributed by atoms with Crippen LogP contribution in [0.4, 0.5) is 10.5 Å². The number of thiophene rings is 1. The van der Waals surface area contributed by atoms with Crippen LogP contribution in [0.25, 0.3) is 0 Å². The molecule has 0 unspecified atom stereocenters. The van der Waals surface area contributed by atoms with Crippen LogP contribution >= 0.6 is 11.3 Å². The number of hydrogen-bond acceptors (Lipinski definition) is 5. The molecular formula is C27H25N3O3S. The highest BCUT2D eigenvalue weighted by atomic mass is 32.1. The summed E-state index contributed by atoms with van der Waals surface area (Å²) in [6, 6.07) is 23.7. The van der Waals surface area contributed by atoms with Crippen molar-refractivity contribution in [2.45, 2.75) is 25.0 Å². The van der Waals surface area contributed by atoms with Crippen molar-refractivity contribution >= 4 is 29.0 Å². The van der Waals surface area contributed by atoms with Gasteiger partial charge in [-0.15, -0.1) is 11.3 Å². The van der Waals surface area contributed by atoms with Gasteiger partial charge in [-0.2, -0.15) is 0 Å². The summed E-state index contributed by atoms with van der Waals surface area (Å²) in [5.41, 5.74) is 1.37. The zero-order chi connectivity index (χ0) is 23.4. The standard InChI is InChI=1S/C27H25N3O3S/c31-25-27(30(20-28-25)22-9-5-2-6-10-22)15-17-29(18-16-27)26(32)33-19-24-14-13-23(34-24)12-11-21-7-3-1-4-8-21/h1-10,13-14H,15-20H2,(H,28,31). The zero-order valence-corrected chi connectivity index (χ0v) is 19.5. The molecule has 2 amide bonds. The summed E-state index contributed by atoms with van der Waals surface area (Å²) in [4.78, 5) is 31.2. The molecule has 2 aromatic carbocycles. The lowest BCUT2D eigenvalue weighted by molar-refractivity contribution is -0.125. The van der Waals surface area contributed by atoms with Crippen LogP contribution in [-0.4, -0.2) is 42.2 Å². The van der Waals surface area contributed by atoms with E-state index < -0.39 is 5.54 Å². The van der Waals surface area contributed by atoms with Crippen molar-refractivity contribution in [3.8, 4) is 11.8 Å². The molecule has 2 fully saturated rings. The number of amides is 2. The molecule has 1 aromatic heterocycles. The number of benzene rings is 2. The molecule has 172 valence electrons. The molecule has 3 heterocycles. The number of hydrogen-bond donors (Lipinski definition) is 1. The first kappa shape index (κ1) is 22.1. The van der Waals surface area contributed by atoms with Gasteiger partial charge < -0.3 is 19.9 Å². The van der Waals surface area contributed by atoms with E-state index in [0.717, 1.165) is 21.0 Å². The quantitative estimate of drug-likeness (QED) is 0.582. The van der Waals surface area contributed by atoms with Crippen molar-refractivity contribution < 1.29 is 14.3 Å². The van der Waals surface area contributed by atoms with E-state index >= 15 is 0 Å². The number of likely N-dealkylation sites (tertiary alicyclic amines) is 1. The van der Waals surface area contributed by atoms with Crippen molar-refractivity contribution in [3.05, 3.63) is 88.1 Å². The molecule has 0 aliphatic carbocycles. The maximum Gasteiger partial charge on any atom is 0.410 e. The van der Waals surface area contributed by atoms with Crippen molar-refractivity contribution in [2.75, 3.05) is 24.7 Å². The number of carbonyl (C=O) groups excluding carboxylic acids is 2. The molecule has 1 spiro atoms. The highest BCUT2D eigenvalue weighted by Crippen LogP contribution is 2.36. The highest BCUT2D eigenvalue weighted by molar-refractivity contribution is 7.12. The van der Waals surface area contributed by atoms with Crippen molar-refractivity contribution in [1.29, 1.82) is 0 Å². The van der Waals surface area contributed by atoms with Gasteiger partial charge in [0, 0.05) is 29.2 Å². The van der Waals surface area contributed by atoms with E-state index in [2.05, 4.69) is 22.1 Å². The van der Waals surface area contributed by atoms with Gasteiger partial charge in [0.05, 0.1) is 11.5 Å². The van der Waals surface area contributed by atoms with E-state index in [-0.39, 0.29) is 18.6 Å². The minimum Gasteiger partial charge on any atom is -0.444 e. The lowest BCUT2D eigenvalue weighted by Gasteiger charge is -2.42. The van der Waals surface area contributed by atoms with Crippen molar-refractivity contribution in [1.82, 2.24) is 10.2 Å². The van der Waals surface area contributed by atoms with E-state index in [1.54, 1.807) is 4.90 Å². The Hall–Kier alpha value is -3.76. The third-order valence-corrected chi connectivity index (χ3v) is 7.33. The molecule has 0 atom stereocenters. The molecule has 3 aromatic rings. The molecule has 0 radical (unpaired) electrons. The maximum atomic E-state index is 12.8. The zero-order valence-electron chi connectivity index (χ0n) is 18.7. The third kappa shape index (κ3) is 4.50. The number of piperidine rings is 1. The molecule has 0 bridgehead atoms. The normalized spacial score (nSPS) is 16.6. The van der Waals surface area contributed by atoms with Gasteiger partial charge in [0.25, 0.3) is 0 Å². The first-order valence-corrected chi connectivity index (χ1v) is 12.1. The smallest absolute Gasteiger partial charge is 0.410 e. The average Bonchev–Trinajstić information content (AvgIpc) is 3.47. The molecule has 0 saturated carbocycles. The summed E-state index contributed by atoms with van der Waals surface area (Å²) in [5.74, 6) is 6.33. The average molecular weight is 472 g/mol. The number of nitrogens with zero attached hydrogens (tertiary/aromatic N) is 2. The molecule has 1 N–H and O–H groups in total. The van der Waals surface area contributed by atoms with Gasteiger partial charge in [-0.05, 0) is 49.2 Å². The predicted molar refractivity (Wildman–Crippen MR) is 132 cm³/mol. The van der Waals surface area contributed by atoms with Crippen LogP contribution in [-0.2, 0) is 16.1 Å². The fourth-order valence-corrected chi connectivity index (χ4v) is 5.27. The maximum absolute atomic E-state index is 12.8. The highest BCUT2D eigenvalue weighted by Gasteiger charge is 2.50. The van der Waals surface area contributed by atoms with E-state index in [1.807, 2.05) is 72.8 Å². The van der Waals surface area contributed by atoms with Gasteiger partial charge in [0.1, 0.15) is 12.1 Å². The second-order valence-corrected chi connectivity index (χ2v) is 9.55. The summed E-state index contributed by atoms with van der Waals surface area (Å²) >= 11 is 1.53. The Balaban J connectivity index is 1.16. The monoisotopic (exact) mass is 471 g/mol. The molecule has 34 heavy (non-hydrogen) atoms.